The van der Waals surface area contributed by atoms with E-state index < -0.39 is 6.10 Å². The summed E-state index contributed by atoms with van der Waals surface area (Å²) in [6, 6.07) is 21.7. The number of benzene rings is 3. The molecule has 3 aromatic rings. The Hall–Kier alpha value is -2.82. The second kappa shape index (κ2) is 8.71. The first-order chi connectivity index (χ1) is 13.0. The number of aliphatic hydroxyl groups excluding tert-OH is 1. The van der Waals surface area contributed by atoms with Crippen molar-refractivity contribution in [1.29, 1.82) is 0 Å². The fraction of sp³-hybridized carbons (Fsp3) is 0.136. The summed E-state index contributed by atoms with van der Waals surface area (Å²) in [6.07, 6.45) is -0.905. The number of nitrogens with one attached hydrogen (secondary N) is 1. The number of carbonyl (C=O) groups is 1. The van der Waals surface area contributed by atoms with E-state index >= 15 is 0 Å². The summed E-state index contributed by atoms with van der Waals surface area (Å²) in [5, 5.41) is 14.0. The van der Waals surface area contributed by atoms with Crippen molar-refractivity contribution in [2.75, 3.05) is 11.9 Å². The summed E-state index contributed by atoms with van der Waals surface area (Å²) >= 11 is 6.10. The van der Waals surface area contributed by atoms with Crippen LogP contribution >= 0.6 is 11.6 Å². The number of hydrogen-bond donors (Lipinski definition) is 2. The van der Waals surface area contributed by atoms with Gasteiger partial charge >= 0.3 is 0 Å². The predicted octanol–water partition coefficient (Wildman–Crippen LogP) is 4.75. The Balaban J connectivity index is 1.75. The van der Waals surface area contributed by atoms with E-state index in [1.807, 2.05) is 61.5 Å². The highest BCUT2D eigenvalue weighted by molar-refractivity contribution is 6.30. The fourth-order valence-electron chi connectivity index (χ4n) is 2.74. The van der Waals surface area contributed by atoms with Crippen LogP contribution in [0.5, 0.6) is 5.75 Å². The number of carbonyl (C=O) groups excluding carboxylic acids is 1. The van der Waals surface area contributed by atoms with E-state index in [1.54, 1.807) is 18.2 Å². The van der Waals surface area contributed by atoms with Crippen molar-refractivity contribution in [2.45, 2.75) is 13.0 Å². The molecular weight excluding hydrogens is 362 g/mol. The highest BCUT2D eigenvalue weighted by atomic mass is 35.5. The van der Waals surface area contributed by atoms with Gasteiger partial charge in [0.2, 0.25) is 0 Å². The minimum Gasteiger partial charge on any atom is -0.483 e. The molecule has 1 atom stereocenters. The van der Waals surface area contributed by atoms with Crippen molar-refractivity contribution in [3.05, 3.63) is 94.5 Å². The second-order valence-electron chi connectivity index (χ2n) is 6.15. The summed E-state index contributed by atoms with van der Waals surface area (Å²) in [4.78, 5) is 12.3. The maximum absolute atomic E-state index is 12.3. The predicted molar refractivity (Wildman–Crippen MR) is 107 cm³/mol. The molecule has 0 unspecified atom stereocenters. The summed E-state index contributed by atoms with van der Waals surface area (Å²) in [7, 11) is 0. The lowest BCUT2D eigenvalue weighted by Crippen LogP contribution is -2.21. The summed E-state index contributed by atoms with van der Waals surface area (Å²) in [5.41, 5.74) is 2.69. The SMILES string of the molecule is Cc1ccccc1OCC(=O)Nc1ccc(Cl)cc1[C@@H](O)c1ccccc1. The van der Waals surface area contributed by atoms with Gasteiger partial charge in [-0.05, 0) is 42.3 Å². The number of aryl methyl sites for hydroxylation is 1. The molecule has 0 radical (unpaired) electrons. The fourth-order valence-corrected chi connectivity index (χ4v) is 2.92. The van der Waals surface area contributed by atoms with Gasteiger partial charge in [-0.15, -0.1) is 0 Å². The Kier molecular flexibility index (Phi) is 6.12. The van der Waals surface area contributed by atoms with E-state index in [0.717, 1.165) is 5.56 Å². The average molecular weight is 382 g/mol. The zero-order valence-corrected chi connectivity index (χ0v) is 15.6. The van der Waals surface area contributed by atoms with Crippen LogP contribution in [0.4, 0.5) is 5.69 Å². The molecule has 4 nitrogen and oxygen atoms in total. The lowest BCUT2D eigenvalue weighted by Gasteiger charge is -2.17. The molecule has 0 saturated carbocycles. The van der Waals surface area contributed by atoms with Gasteiger partial charge in [-0.25, -0.2) is 0 Å². The Morgan fingerprint density at radius 1 is 1.07 bits per heavy atom. The first kappa shape index (κ1) is 19.0. The monoisotopic (exact) mass is 381 g/mol. The van der Waals surface area contributed by atoms with Crippen molar-refractivity contribution in [3.63, 3.8) is 0 Å². The van der Waals surface area contributed by atoms with E-state index in [1.165, 1.54) is 0 Å². The Morgan fingerprint density at radius 2 is 1.78 bits per heavy atom. The third kappa shape index (κ3) is 4.88. The van der Waals surface area contributed by atoms with Crippen LogP contribution in [0, 0.1) is 6.92 Å². The van der Waals surface area contributed by atoms with Crippen LogP contribution in [0.3, 0.4) is 0 Å². The van der Waals surface area contributed by atoms with Crippen LogP contribution in [-0.2, 0) is 4.79 Å². The largest absolute Gasteiger partial charge is 0.483 e. The zero-order valence-electron chi connectivity index (χ0n) is 14.9. The Bertz CT molecular complexity index is 928. The van der Waals surface area contributed by atoms with Gasteiger partial charge in [-0.1, -0.05) is 60.1 Å². The van der Waals surface area contributed by atoms with Gasteiger partial charge in [0.1, 0.15) is 11.9 Å². The molecule has 1 amide bonds. The maximum atomic E-state index is 12.3. The number of amides is 1. The lowest BCUT2D eigenvalue weighted by atomic mass is 10.00. The van der Waals surface area contributed by atoms with Crippen molar-refractivity contribution >= 4 is 23.2 Å². The highest BCUT2D eigenvalue weighted by Gasteiger charge is 2.17. The number of ether oxygens (including phenoxy) is 1. The van der Waals surface area contributed by atoms with Gasteiger partial charge in [-0.2, -0.15) is 0 Å². The van der Waals surface area contributed by atoms with Crippen molar-refractivity contribution < 1.29 is 14.6 Å². The van der Waals surface area contributed by atoms with E-state index in [0.29, 0.717) is 27.6 Å². The second-order valence-corrected chi connectivity index (χ2v) is 6.58. The number of aliphatic hydroxyl groups is 1. The van der Waals surface area contributed by atoms with Gasteiger partial charge in [-0.3, -0.25) is 4.79 Å². The molecule has 0 fully saturated rings. The lowest BCUT2D eigenvalue weighted by molar-refractivity contribution is -0.118. The van der Waals surface area contributed by atoms with Gasteiger partial charge in [0.05, 0.1) is 0 Å². The van der Waals surface area contributed by atoms with Crippen LogP contribution in [-0.4, -0.2) is 17.6 Å². The molecule has 27 heavy (non-hydrogen) atoms. The molecule has 0 aliphatic carbocycles. The van der Waals surface area contributed by atoms with Crippen LogP contribution in [0.15, 0.2) is 72.8 Å². The van der Waals surface area contributed by atoms with Crippen LogP contribution < -0.4 is 10.1 Å². The summed E-state index contributed by atoms with van der Waals surface area (Å²) in [6.45, 7) is 1.79. The summed E-state index contributed by atoms with van der Waals surface area (Å²) in [5.74, 6) is 0.343. The number of rotatable bonds is 6. The topological polar surface area (TPSA) is 58.6 Å². The van der Waals surface area contributed by atoms with Crippen molar-refractivity contribution in [2.24, 2.45) is 0 Å². The quantitative estimate of drug-likeness (QED) is 0.648. The molecule has 0 saturated heterocycles. The third-order valence-corrected chi connectivity index (χ3v) is 4.39. The van der Waals surface area contributed by atoms with Crippen LogP contribution in [0.2, 0.25) is 5.02 Å². The molecule has 2 N–H and O–H groups in total. The van der Waals surface area contributed by atoms with E-state index in [-0.39, 0.29) is 12.5 Å². The Morgan fingerprint density at radius 3 is 2.52 bits per heavy atom. The molecule has 0 aliphatic heterocycles. The zero-order chi connectivity index (χ0) is 19.2. The van der Waals surface area contributed by atoms with Gasteiger partial charge < -0.3 is 15.2 Å². The maximum Gasteiger partial charge on any atom is 0.262 e. The molecule has 0 aliphatic rings. The van der Waals surface area contributed by atoms with Crippen LogP contribution in [0.1, 0.15) is 22.8 Å². The third-order valence-electron chi connectivity index (χ3n) is 4.15. The molecule has 0 bridgehead atoms. The molecule has 138 valence electrons. The molecule has 3 rings (SSSR count). The highest BCUT2D eigenvalue weighted by Crippen LogP contribution is 2.31. The van der Waals surface area contributed by atoms with Gasteiger partial charge in [0.25, 0.3) is 5.91 Å². The first-order valence-corrected chi connectivity index (χ1v) is 8.93. The molecule has 0 aromatic heterocycles. The number of para-hydroxylation sites is 1. The van der Waals surface area contributed by atoms with Crippen molar-refractivity contribution in [3.8, 4) is 5.75 Å². The minimum absolute atomic E-state index is 0.131. The normalized spacial score (nSPS) is 11.7. The minimum atomic E-state index is -0.905. The number of anilines is 1. The number of halogens is 1. The van der Waals surface area contributed by atoms with E-state index in [2.05, 4.69) is 5.32 Å². The van der Waals surface area contributed by atoms with Crippen LogP contribution in [0.25, 0.3) is 0 Å². The smallest absolute Gasteiger partial charge is 0.262 e. The first-order valence-electron chi connectivity index (χ1n) is 8.55. The van der Waals surface area contributed by atoms with E-state index in [9.17, 15) is 9.90 Å². The molecule has 5 heteroatoms. The number of hydrogen-bond acceptors (Lipinski definition) is 3. The molecular formula is C22H20ClNO3. The van der Waals surface area contributed by atoms with E-state index in [4.69, 9.17) is 16.3 Å². The Labute approximate surface area is 163 Å². The van der Waals surface area contributed by atoms with Crippen molar-refractivity contribution in [1.82, 2.24) is 0 Å². The summed E-state index contributed by atoms with van der Waals surface area (Å²) < 4.78 is 5.58. The van der Waals surface area contributed by atoms with Gasteiger partial charge in [0, 0.05) is 16.3 Å². The average Bonchev–Trinajstić information content (AvgIpc) is 2.69. The molecule has 0 heterocycles. The van der Waals surface area contributed by atoms with Gasteiger partial charge in [0.15, 0.2) is 6.61 Å². The standard InChI is InChI=1S/C22H20ClNO3/c1-15-7-5-6-10-20(15)27-14-21(25)24-19-12-11-17(23)13-18(19)22(26)16-8-3-2-4-9-16/h2-13,22,26H,14H2,1H3,(H,24,25)/t22-/m0/s1. The molecule has 0 spiro atoms. The molecule has 3 aromatic carbocycles.